The molecule has 0 bridgehead atoms. The van der Waals surface area contributed by atoms with Crippen molar-refractivity contribution in [2.75, 3.05) is 13.6 Å². The smallest absolute Gasteiger partial charge is 0.235 e. The number of rotatable bonds is 3. The number of thiophene rings is 1. The van der Waals surface area contributed by atoms with Gasteiger partial charge in [-0.05, 0) is 11.4 Å². The fourth-order valence-electron chi connectivity index (χ4n) is 3.49. The third-order valence-corrected chi connectivity index (χ3v) is 5.30. The number of likely N-dealkylation sites (tertiary alicyclic amines) is 2. The lowest BCUT2D eigenvalue weighted by molar-refractivity contribution is -0.139. The van der Waals surface area contributed by atoms with Gasteiger partial charge in [0.15, 0.2) is 0 Å². The normalized spacial score (nSPS) is 32.3. The Morgan fingerprint density at radius 3 is 2.71 bits per heavy atom. The monoisotopic (exact) mass is 300 g/mol. The molecule has 2 aliphatic heterocycles. The highest BCUT2D eigenvalue weighted by molar-refractivity contribution is 7.10. The highest BCUT2D eigenvalue weighted by Crippen LogP contribution is 2.50. The minimum Gasteiger partial charge on any atom is -0.285 e. The van der Waals surface area contributed by atoms with Gasteiger partial charge in [-0.2, -0.15) is 0 Å². The summed E-state index contributed by atoms with van der Waals surface area (Å²) in [7, 11) is 1.54. The van der Waals surface area contributed by atoms with E-state index in [1.807, 2.05) is 17.5 Å². The average molecular weight is 300 g/mol. The maximum absolute atomic E-state index is 12.5. The molecule has 1 aromatic heterocycles. The van der Waals surface area contributed by atoms with Crippen molar-refractivity contribution in [2.45, 2.75) is 12.1 Å². The van der Waals surface area contributed by atoms with Gasteiger partial charge in [0.1, 0.15) is 0 Å². The molecular formula is C16H16N2O2S. The molecule has 2 fully saturated rings. The number of fused-ring (bicyclic) bond motifs is 1. The summed E-state index contributed by atoms with van der Waals surface area (Å²) in [5, 5.41) is 1.98. The lowest BCUT2D eigenvalue weighted by Gasteiger charge is -2.29. The number of carbonyl (C=O) groups is 2. The van der Waals surface area contributed by atoms with Gasteiger partial charge in [-0.3, -0.25) is 19.4 Å². The molecule has 0 aliphatic carbocycles. The van der Waals surface area contributed by atoms with E-state index in [4.69, 9.17) is 6.42 Å². The summed E-state index contributed by atoms with van der Waals surface area (Å²) in [6, 6.07) is 3.45. The molecule has 4 nitrogen and oxygen atoms in total. The van der Waals surface area contributed by atoms with Gasteiger partial charge in [0.25, 0.3) is 0 Å². The van der Waals surface area contributed by atoms with E-state index >= 15 is 0 Å². The minimum absolute atomic E-state index is 0.129. The molecule has 0 aromatic carbocycles. The molecule has 0 radical (unpaired) electrons. The quantitative estimate of drug-likeness (QED) is 0.483. The maximum atomic E-state index is 12.5. The molecule has 2 aliphatic rings. The number of nitrogens with zero attached hydrogens (tertiary/aromatic N) is 2. The van der Waals surface area contributed by atoms with Crippen LogP contribution in [0.2, 0.25) is 0 Å². The standard InChI is InChI=1S/C16H16N2O2S/c1-4-8-18-10(5-2)12-13(16(20)17(3)15(12)19)14(18)11-7-6-9-21-11/h2,4,6-7,9-10,12-14H,1,8H2,3H3/t10-,12-,13-,14-/m0/s1. The van der Waals surface area contributed by atoms with E-state index < -0.39 is 5.92 Å². The molecule has 0 N–H and O–H groups in total. The Morgan fingerprint density at radius 1 is 1.43 bits per heavy atom. The first-order valence-electron chi connectivity index (χ1n) is 6.79. The van der Waals surface area contributed by atoms with Gasteiger partial charge in [-0.1, -0.05) is 18.1 Å². The second-order valence-electron chi connectivity index (χ2n) is 5.34. The van der Waals surface area contributed by atoms with Crippen LogP contribution in [0.4, 0.5) is 0 Å². The first-order valence-corrected chi connectivity index (χ1v) is 7.67. The molecule has 3 heterocycles. The van der Waals surface area contributed by atoms with Crippen molar-refractivity contribution in [3.8, 4) is 12.3 Å². The van der Waals surface area contributed by atoms with Crippen LogP contribution in [0, 0.1) is 24.2 Å². The zero-order chi connectivity index (χ0) is 15.1. The highest BCUT2D eigenvalue weighted by atomic mass is 32.1. The van der Waals surface area contributed by atoms with Crippen LogP contribution in [0.15, 0.2) is 30.2 Å². The van der Waals surface area contributed by atoms with Crippen molar-refractivity contribution in [3.63, 3.8) is 0 Å². The van der Waals surface area contributed by atoms with E-state index in [0.29, 0.717) is 6.54 Å². The molecule has 21 heavy (non-hydrogen) atoms. The molecule has 0 unspecified atom stereocenters. The fraction of sp³-hybridized carbons (Fsp3) is 0.375. The predicted molar refractivity (Wildman–Crippen MR) is 81.3 cm³/mol. The number of carbonyl (C=O) groups excluding carboxylic acids is 2. The molecule has 4 atom stereocenters. The van der Waals surface area contributed by atoms with Crippen LogP contribution in [-0.4, -0.2) is 41.2 Å². The van der Waals surface area contributed by atoms with Gasteiger partial charge in [0.2, 0.25) is 11.8 Å². The minimum atomic E-state index is -0.445. The Balaban J connectivity index is 2.11. The second-order valence-corrected chi connectivity index (χ2v) is 6.32. The van der Waals surface area contributed by atoms with Gasteiger partial charge in [-0.15, -0.1) is 24.3 Å². The topological polar surface area (TPSA) is 40.6 Å². The lowest BCUT2D eigenvalue weighted by atomic mass is 9.89. The number of terminal acetylenes is 1. The van der Waals surface area contributed by atoms with Crippen molar-refractivity contribution >= 4 is 23.2 Å². The van der Waals surface area contributed by atoms with Crippen LogP contribution in [0.1, 0.15) is 10.9 Å². The van der Waals surface area contributed by atoms with E-state index in [0.717, 1.165) is 4.88 Å². The van der Waals surface area contributed by atoms with Gasteiger partial charge in [-0.25, -0.2) is 0 Å². The number of imide groups is 1. The van der Waals surface area contributed by atoms with Crippen LogP contribution >= 0.6 is 11.3 Å². The number of amides is 2. The summed E-state index contributed by atoms with van der Waals surface area (Å²) in [4.78, 5) is 29.2. The SMILES string of the molecule is C#C[C@H]1[C@@H]2C(=O)N(C)C(=O)[C@@H]2[C@H](c2cccs2)N1CC=C. The summed E-state index contributed by atoms with van der Waals surface area (Å²) < 4.78 is 0. The van der Waals surface area contributed by atoms with Gasteiger partial charge in [0, 0.05) is 18.5 Å². The number of hydrogen-bond donors (Lipinski definition) is 0. The number of hydrogen-bond acceptors (Lipinski definition) is 4. The second kappa shape index (κ2) is 5.14. The van der Waals surface area contributed by atoms with Crippen molar-refractivity contribution < 1.29 is 9.59 Å². The Bertz CT molecular complexity index is 631. The molecule has 5 heteroatoms. The average Bonchev–Trinajstić information content (AvgIpc) is 3.14. The Hall–Kier alpha value is -1.90. The fourth-order valence-corrected chi connectivity index (χ4v) is 4.38. The van der Waals surface area contributed by atoms with Gasteiger partial charge in [0.05, 0.1) is 23.9 Å². The van der Waals surface area contributed by atoms with Crippen LogP contribution in [0.5, 0.6) is 0 Å². The summed E-state index contributed by atoms with van der Waals surface area (Å²) in [5.74, 6) is 1.59. The van der Waals surface area contributed by atoms with E-state index in [-0.39, 0.29) is 29.8 Å². The van der Waals surface area contributed by atoms with Gasteiger partial charge >= 0.3 is 0 Å². The van der Waals surface area contributed by atoms with E-state index in [1.54, 1.807) is 24.5 Å². The molecular weight excluding hydrogens is 284 g/mol. The molecule has 3 rings (SSSR count). The summed E-state index contributed by atoms with van der Waals surface area (Å²) in [6.07, 6.45) is 7.44. The third-order valence-electron chi connectivity index (χ3n) is 4.36. The third kappa shape index (κ3) is 1.87. The molecule has 2 saturated heterocycles. The molecule has 108 valence electrons. The summed E-state index contributed by atoms with van der Waals surface area (Å²) in [5.41, 5.74) is 0. The summed E-state index contributed by atoms with van der Waals surface area (Å²) >= 11 is 1.59. The van der Waals surface area contributed by atoms with Crippen LogP contribution in [0.3, 0.4) is 0 Å². The largest absolute Gasteiger partial charge is 0.285 e. The molecule has 0 spiro atoms. The van der Waals surface area contributed by atoms with Crippen LogP contribution in [-0.2, 0) is 9.59 Å². The molecule has 0 saturated carbocycles. The first kappa shape index (κ1) is 14.1. The van der Waals surface area contributed by atoms with E-state index in [1.165, 1.54) is 4.90 Å². The molecule has 1 aromatic rings. The Morgan fingerprint density at radius 2 is 2.14 bits per heavy atom. The van der Waals surface area contributed by atoms with Crippen molar-refractivity contribution in [1.82, 2.24) is 9.80 Å². The van der Waals surface area contributed by atoms with Crippen molar-refractivity contribution in [3.05, 3.63) is 35.0 Å². The lowest BCUT2D eigenvalue weighted by Crippen LogP contribution is -2.39. The Labute approximate surface area is 128 Å². The summed E-state index contributed by atoms with van der Waals surface area (Å²) in [6.45, 7) is 4.33. The van der Waals surface area contributed by atoms with Crippen LogP contribution < -0.4 is 0 Å². The Kier molecular flexibility index (Phi) is 3.44. The van der Waals surface area contributed by atoms with Crippen molar-refractivity contribution in [2.24, 2.45) is 11.8 Å². The first-order chi connectivity index (χ1) is 10.1. The van der Waals surface area contributed by atoms with Crippen LogP contribution in [0.25, 0.3) is 0 Å². The van der Waals surface area contributed by atoms with E-state index in [2.05, 4.69) is 17.4 Å². The zero-order valence-corrected chi connectivity index (χ0v) is 12.5. The highest BCUT2D eigenvalue weighted by Gasteiger charge is 2.61. The predicted octanol–water partition coefficient (Wildman–Crippen LogP) is 1.52. The zero-order valence-electron chi connectivity index (χ0n) is 11.7. The van der Waals surface area contributed by atoms with Crippen molar-refractivity contribution in [1.29, 1.82) is 0 Å². The maximum Gasteiger partial charge on any atom is 0.235 e. The van der Waals surface area contributed by atoms with E-state index in [9.17, 15) is 9.59 Å². The molecule has 2 amide bonds. The van der Waals surface area contributed by atoms with Gasteiger partial charge < -0.3 is 0 Å².